The summed E-state index contributed by atoms with van der Waals surface area (Å²) >= 11 is 0. The van der Waals surface area contributed by atoms with Crippen LogP contribution in [0.2, 0.25) is 0 Å². The second kappa shape index (κ2) is 5.03. The zero-order valence-electron chi connectivity index (χ0n) is 10.5. The first-order valence-electron chi connectivity index (χ1n) is 7.01. The average Bonchev–Trinajstić information content (AvgIpc) is 2.40. The van der Waals surface area contributed by atoms with Gasteiger partial charge in [0.25, 0.3) is 0 Å². The largest absolute Gasteiger partial charge is 0.289 e. The van der Waals surface area contributed by atoms with Crippen molar-refractivity contribution < 1.29 is 0 Å². The average molecular weight is 227 g/mol. The van der Waals surface area contributed by atoms with E-state index >= 15 is 0 Å². The highest BCUT2D eigenvalue weighted by Gasteiger charge is 2.18. The van der Waals surface area contributed by atoms with Crippen LogP contribution < -0.4 is 0 Å². The fraction of sp³-hybridized carbons (Fsp3) is 0.562. The molecule has 1 aliphatic heterocycles. The second-order valence-corrected chi connectivity index (χ2v) is 5.54. The molecule has 0 aromatic heterocycles. The van der Waals surface area contributed by atoms with Crippen molar-refractivity contribution in [3.63, 3.8) is 0 Å². The van der Waals surface area contributed by atoms with E-state index in [4.69, 9.17) is 4.99 Å². The second-order valence-electron chi connectivity index (χ2n) is 5.54. The van der Waals surface area contributed by atoms with Crippen molar-refractivity contribution in [2.45, 2.75) is 51.5 Å². The first-order chi connectivity index (χ1) is 8.42. The van der Waals surface area contributed by atoms with Crippen LogP contribution >= 0.6 is 0 Å². The lowest BCUT2D eigenvalue weighted by molar-refractivity contribution is 0.367. The maximum Gasteiger partial charge on any atom is 0.0642 e. The maximum absolute atomic E-state index is 4.78. The molecule has 0 spiro atoms. The molecule has 0 atom stereocenters. The van der Waals surface area contributed by atoms with E-state index in [-0.39, 0.29) is 0 Å². The molecule has 1 saturated carbocycles. The van der Waals surface area contributed by atoms with Crippen LogP contribution in [0, 0.1) is 5.92 Å². The molecule has 1 aromatic rings. The Bertz CT molecular complexity index is 413. The van der Waals surface area contributed by atoms with Gasteiger partial charge in [0.1, 0.15) is 0 Å². The Balaban J connectivity index is 1.64. The minimum atomic E-state index is 0.915. The minimum absolute atomic E-state index is 0.915. The number of fused-ring (bicyclic) bond motifs is 1. The van der Waals surface area contributed by atoms with E-state index < -0.39 is 0 Å². The molecule has 0 unspecified atom stereocenters. The molecule has 0 saturated heterocycles. The SMILES string of the molecule is c1ccc2c(c1)CN=C(CC1CCCCC1)C2. The maximum atomic E-state index is 4.78. The van der Waals surface area contributed by atoms with Crippen LogP contribution in [0.5, 0.6) is 0 Å². The van der Waals surface area contributed by atoms with Crippen LogP contribution in [-0.4, -0.2) is 5.71 Å². The van der Waals surface area contributed by atoms with Crippen LogP contribution in [0.25, 0.3) is 0 Å². The van der Waals surface area contributed by atoms with Gasteiger partial charge in [-0.1, -0.05) is 56.4 Å². The summed E-state index contributed by atoms with van der Waals surface area (Å²) in [6.07, 6.45) is 9.55. The molecule has 0 bridgehead atoms. The molecule has 1 aromatic carbocycles. The van der Waals surface area contributed by atoms with Crippen molar-refractivity contribution in [3.05, 3.63) is 35.4 Å². The fourth-order valence-electron chi connectivity index (χ4n) is 3.22. The molecule has 2 aliphatic rings. The first-order valence-corrected chi connectivity index (χ1v) is 7.01. The van der Waals surface area contributed by atoms with Gasteiger partial charge in [0.05, 0.1) is 6.54 Å². The van der Waals surface area contributed by atoms with Gasteiger partial charge in [0.15, 0.2) is 0 Å². The van der Waals surface area contributed by atoms with Gasteiger partial charge >= 0.3 is 0 Å². The third kappa shape index (κ3) is 2.59. The Morgan fingerprint density at radius 2 is 1.76 bits per heavy atom. The van der Waals surface area contributed by atoms with Gasteiger partial charge in [-0.05, 0) is 23.5 Å². The molecule has 1 nitrogen and oxygen atoms in total. The highest BCUT2D eigenvalue weighted by molar-refractivity contribution is 5.88. The molecular formula is C16H21N. The molecule has 3 rings (SSSR count). The van der Waals surface area contributed by atoms with E-state index in [1.165, 1.54) is 55.4 Å². The molecule has 0 N–H and O–H groups in total. The lowest BCUT2D eigenvalue weighted by Crippen LogP contribution is -2.17. The number of benzene rings is 1. The standard InChI is InChI=1S/C16H21N/c1-2-6-13(7-3-1)10-16-11-14-8-4-5-9-15(14)12-17-16/h4-5,8-9,13H,1-3,6-7,10-12H2. The summed E-state index contributed by atoms with van der Waals surface area (Å²) in [7, 11) is 0. The topological polar surface area (TPSA) is 12.4 Å². The van der Waals surface area contributed by atoms with Crippen molar-refractivity contribution >= 4 is 5.71 Å². The molecule has 0 amide bonds. The summed E-state index contributed by atoms with van der Waals surface area (Å²) in [5, 5.41) is 0. The number of rotatable bonds is 2. The fourth-order valence-corrected chi connectivity index (χ4v) is 3.22. The summed E-state index contributed by atoms with van der Waals surface area (Å²) in [5.74, 6) is 0.924. The summed E-state index contributed by atoms with van der Waals surface area (Å²) in [6.45, 7) is 0.915. The van der Waals surface area contributed by atoms with Gasteiger partial charge in [0, 0.05) is 12.1 Å². The van der Waals surface area contributed by atoms with E-state index in [9.17, 15) is 0 Å². The van der Waals surface area contributed by atoms with Crippen LogP contribution in [0.15, 0.2) is 29.3 Å². The smallest absolute Gasteiger partial charge is 0.0642 e. The van der Waals surface area contributed by atoms with Crippen LogP contribution in [-0.2, 0) is 13.0 Å². The van der Waals surface area contributed by atoms with E-state index in [0.29, 0.717) is 0 Å². The summed E-state index contributed by atoms with van der Waals surface area (Å²) in [4.78, 5) is 4.78. The zero-order valence-corrected chi connectivity index (χ0v) is 10.5. The highest BCUT2D eigenvalue weighted by atomic mass is 14.7. The molecule has 1 heteroatoms. The zero-order chi connectivity index (χ0) is 11.5. The number of nitrogens with zero attached hydrogens (tertiary/aromatic N) is 1. The normalized spacial score (nSPS) is 20.8. The lowest BCUT2D eigenvalue weighted by atomic mass is 9.84. The van der Waals surface area contributed by atoms with Crippen molar-refractivity contribution in [2.24, 2.45) is 10.9 Å². The number of hydrogen-bond acceptors (Lipinski definition) is 1. The first kappa shape index (κ1) is 11.0. The predicted octanol–water partition coefficient (Wildman–Crippen LogP) is 4.15. The van der Waals surface area contributed by atoms with Crippen LogP contribution in [0.4, 0.5) is 0 Å². The van der Waals surface area contributed by atoms with Gasteiger partial charge in [-0.2, -0.15) is 0 Å². The molecule has 90 valence electrons. The van der Waals surface area contributed by atoms with Gasteiger partial charge in [-0.25, -0.2) is 0 Å². The number of aliphatic imine (C=N–C) groups is 1. The summed E-state index contributed by atoms with van der Waals surface area (Å²) in [6, 6.07) is 8.77. The molecule has 1 fully saturated rings. The van der Waals surface area contributed by atoms with E-state index in [2.05, 4.69) is 24.3 Å². The summed E-state index contributed by atoms with van der Waals surface area (Å²) < 4.78 is 0. The molecular weight excluding hydrogens is 206 g/mol. The third-order valence-corrected chi connectivity index (χ3v) is 4.23. The third-order valence-electron chi connectivity index (χ3n) is 4.23. The van der Waals surface area contributed by atoms with E-state index in [1.807, 2.05) is 0 Å². The van der Waals surface area contributed by atoms with Gasteiger partial charge in [-0.3, -0.25) is 4.99 Å². The Kier molecular flexibility index (Phi) is 3.26. The van der Waals surface area contributed by atoms with Crippen molar-refractivity contribution in [1.82, 2.24) is 0 Å². The van der Waals surface area contributed by atoms with E-state index in [1.54, 1.807) is 0 Å². The Hall–Kier alpha value is -1.11. The van der Waals surface area contributed by atoms with Crippen LogP contribution in [0.3, 0.4) is 0 Å². The number of hydrogen-bond donors (Lipinski definition) is 0. The van der Waals surface area contributed by atoms with Gasteiger partial charge in [0.2, 0.25) is 0 Å². The van der Waals surface area contributed by atoms with Crippen molar-refractivity contribution in [3.8, 4) is 0 Å². The van der Waals surface area contributed by atoms with Crippen molar-refractivity contribution in [2.75, 3.05) is 0 Å². The van der Waals surface area contributed by atoms with Gasteiger partial charge < -0.3 is 0 Å². The monoisotopic (exact) mass is 227 g/mol. The summed E-state index contributed by atoms with van der Waals surface area (Å²) in [5.41, 5.74) is 4.39. The Morgan fingerprint density at radius 3 is 2.59 bits per heavy atom. The molecule has 1 aliphatic carbocycles. The molecule has 0 radical (unpaired) electrons. The lowest BCUT2D eigenvalue weighted by Gasteiger charge is -2.24. The highest BCUT2D eigenvalue weighted by Crippen LogP contribution is 2.28. The van der Waals surface area contributed by atoms with Crippen molar-refractivity contribution in [1.29, 1.82) is 0 Å². The minimum Gasteiger partial charge on any atom is -0.289 e. The Labute approximate surface area is 104 Å². The molecule has 1 heterocycles. The quantitative estimate of drug-likeness (QED) is 0.719. The van der Waals surface area contributed by atoms with Crippen LogP contribution in [0.1, 0.15) is 49.7 Å². The Morgan fingerprint density at radius 1 is 1.00 bits per heavy atom. The predicted molar refractivity (Wildman–Crippen MR) is 72.5 cm³/mol. The van der Waals surface area contributed by atoms with E-state index in [0.717, 1.165) is 18.9 Å². The molecule has 17 heavy (non-hydrogen) atoms. The van der Waals surface area contributed by atoms with Gasteiger partial charge in [-0.15, -0.1) is 0 Å².